The molecule has 0 atom stereocenters. The molecular formula is C12H17N3O4S. The summed E-state index contributed by atoms with van der Waals surface area (Å²) >= 11 is 0. The number of nitro groups is 1. The number of hydrogen-bond acceptors (Lipinski definition) is 5. The molecule has 1 aromatic rings. The van der Waals surface area contributed by atoms with Crippen LogP contribution in [0.4, 0.5) is 11.4 Å². The number of nitrogens with one attached hydrogen (secondary N) is 1. The highest BCUT2D eigenvalue weighted by molar-refractivity contribution is 7.89. The number of primary sulfonamides is 1. The quantitative estimate of drug-likeness (QED) is 0.614. The summed E-state index contributed by atoms with van der Waals surface area (Å²) in [6.45, 7) is 2.66. The van der Waals surface area contributed by atoms with Gasteiger partial charge in [-0.05, 0) is 30.7 Å². The Bertz CT molecular complexity index is 638. The van der Waals surface area contributed by atoms with E-state index in [0.717, 1.165) is 25.3 Å². The summed E-state index contributed by atoms with van der Waals surface area (Å²) in [5.41, 5.74) is 0.211. The van der Waals surface area contributed by atoms with Gasteiger partial charge in [0.1, 0.15) is 4.90 Å². The minimum absolute atomic E-state index is 0.116. The fourth-order valence-electron chi connectivity index (χ4n) is 2.13. The Morgan fingerprint density at radius 2 is 2.10 bits per heavy atom. The van der Waals surface area contributed by atoms with Crippen molar-refractivity contribution in [1.29, 1.82) is 0 Å². The molecule has 0 bridgehead atoms. The average molecular weight is 299 g/mol. The Morgan fingerprint density at radius 1 is 1.45 bits per heavy atom. The van der Waals surface area contributed by atoms with E-state index in [-0.39, 0.29) is 21.7 Å². The summed E-state index contributed by atoms with van der Waals surface area (Å²) in [7, 11) is -3.92. The molecule has 1 fully saturated rings. The molecule has 7 nitrogen and oxygen atoms in total. The van der Waals surface area contributed by atoms with Gasteiger partial charge in [-0.25, -0.2) is 13.6 Å². The van der Waals surface area contributed by atoms with Crippen LogP contribution >= 0.6 is 0 Å². The minimum atomic E-state index is -3.92. The minimum Gasteiger partial charge on any atom is -0.383 e. The molecule has 0 amide bonds. The second-order valence-corrected chi connectivity index (χ2v) is 6.72. The smallest absolute Gasteiger partial charge is 0.271 e. The number of sulfonamides is 1. The predicted molar refractivity (Wildman–Crippen MR) is 74.9 cm³/mol. The van der Waals surface area contributed by atoms with Crippen LogP contribution < -0.4 is 10.5 Å². The molecule has 0 radical (unpaired) electrons. The van der Waals surface area contributed by atoms with Crippen molar-refractivity contribution < 1.29 is 13.3 Å². The number of non-ortho nitro benzene ring substituents is 1. The van der Waals surface area contributed by atoms with E-state index < -0.39 is 14.9 Å². The van der Waals surface area contributed by atoms with Crippen molar-refractivity contribution in [3.05, 3.63) is 28.3 Å². The lowest BCUT2D eigenvalue weighted by Gasteiger charge is -2.16. The van der Waals surface area contributed by atoms with Gasteiger partial charge >= 0.3 is 0 Å². The summed E-state index contributed by atoms with van der Waals surface area (Å²) in [6, 6.07) is 3.52. The number of rotatable bonds is 6. The first-order valence-electron chi connectivity index (χ1n) is 6.32. The second-order valence-electron chi connectivity index (χ2n) is 5.19. The largest absolute Gasteiger partial charge is 0.383 e. The van der Waals surface area contributed by atoms with Crippen LogP contribution in [0.3, 0.4) is 0 Å². The Morgan fingerprint density at radius 3 is 2.55 bits per heavy atom. The summed E-state index contributed by atoms with van der Waals surface area (Å²) < 4.78 is 23.0. The van der Waals surface area contributed by atoms with E-state index >= 15 is 0 Å². The SMILES string of the molecule is CCC1(CNc2cc([N+](=O)[O-])ccc2S(N)(=O)=O)CC1. The highest BCUT2D eigenvalue weighted by Gasteiger charge is 2.40. The van der Waals surface area contributed by atoms with Gasteiger partial charge in [-0.15, -0.1) is 0 Å². The van der Waals surface area contributed by atoms with E-state index in [1.165, 1.54) is 12.1 Å². The number of nitrogens with two attached hydrogens (primary N) is 1. The third-order valence-corrected chi connectivity index (χ3v) is 4.81. The zero-order valence-corrected chi connectivity index (χ0v) is 11.9. The monoisotopic (exact) mass is 299 g/mol. The molecule has 8 heteroatoms. The van der Waals surface area contributed by atoms with Gasteiger partial charge in [0, 0.05) is 18.7 Å². The Labute approximate surface area is 117 Å². The molecule has 3 N–H and O–H groups in total. The van der Waals surface area contributed by atoms with Gasteiger partial charge in [0.05, 0.1) is 10.6 Å². The van der Waals surface area contributed by atoms with Gasteiger partial charge in [-0.3, -0.25) is 10.1 Å². The molecule has 1 aliphatic rings. The highest BCUT2D eigenvalue weighted by atomic mass is 32.2. The first-order valence-corrected chi connectivity index (χ1v) is 7.87. The first kappa shape index (κ1) is 14.7. The molecule has 1 saturated carbocycles. The third kappa shape index (κ3) is 3.07. The van der Waals surface area contributed by atoms with Crippen molar-refractivity contribution in [3.8, 4) is 0 Å². The third-order valence-electron chi connectivity index (χ3n) is 3.84. The van der Waals surface area contributed by atoms with Gasteiger partial charge in [0.25, 0.3) is 5.69 Å². The lowest BCUT2D eigenvalue weighted by Crippen LogP contribution is -2.19. The predicted octanol–water partition coefficient (Wildman–Crippen LogP) is 1.84. The van der Waals surface area contributed by atoms with E-state index in [1.54, 1.807) is 0 Å². The van der Waals surface area contributed by atoms with Crippen molar-refractivity contribution in [2.24, 2.45) is 10.6 Å². The molecule has 1 aromatic carbocycles. The van der Waals surface area contributed by atoms with Gasteiger partial charge < -0.3 is 5.32 Å². The molecule has 0 aromatic heterocycles. The average Bonchev–Trinajstić information content (AvgIpc) is 3.15. The molecule has 2 rings (SSSR count). The van der Waals surface area contributed by atoms with E-state index in [1.807, 2.05) is 0 Å². The van der Waals surface area contributed by atoms with Crippen LogP contribution in [0.15, 0.2) is 23.1 Å². The van der Waals surface area contributed by atoms with Crippen molar-refractivity contribution >= 4 is 21.4 Å². The molecule has 0 unspecified atom stereocenters. The van der Waals surface area contributed by atoms with E-state index in [4.69, 9.17) is 5.14 Å². The Hall–Kier alpha value is -1.67. The maximum Gasteiger partial charge on any atom is 0.271 e. The van der Waals surface area contributed by atoms with Crippen molar-refractivity contribution in [1.82, 2.24) is 0 Å². The molecule has 110 valence electrons. The second kappa shape index (κ2) is 5.02. The van der Waals surface area contributed by atoms with Crippen LogP contribution in [-0.2, 0) is 10.0 Å². The summed E-state index contributed by atoms with van der Waals surface area (Å²) in [6.07, 6.45) is 3.14. The van der Waals surface area contributed by atoms with Crippen LogP contribution in [-0.4, -0.2) is 19.9 Å². The molecule has 0 aliphatic heterocycles. The van der Waals surface area contributed by atoms with Gasteiger partial charge in [0.2, 0.25) is 10.0 Å². The number of nitro benzene ring substituents is 1. The molecule has 20 heavy (non-hydrogen) atoms. The zero-order chi connectivity index (χ0) is 15.0. The number of benzene rings is 1. The fourth-order valence-corrected chi connectivity index (χ4v) is 2.83. The molecular weight excluding hydrogens is 282 g/mol. The van der Waals surface area contributed by atoms with Crippen LogP contribution in [0.5, 0.6) is 0 Å². The standard InChI is InChI=1S/C12H17N3O4S/c1-2-12(5-6-12)8-14-10-7-9(15(16)17)3-4-11(10)20(13,18)19/h3-4,7,14H,2,5-6,8H2,1H3,(H2,13,18,19). The maximum absolute atomic E-state index is 11.5. The van der Waals surface area contributed by atoms with Crippen LogP contribution in [0, 0.1) is 15.5 Å². The highest BCUT2D eigenvalue weighted by Crippen LogP contribution is 2.48. The molecule has 0 spiro atoms. The number of nitrogens with zero attached hydrogens (tertiary/aromatic N) is 1. The summed E-state index contributed by atoms with van der Waals surface area (Å²) in [5, 5.41) is 18.9. The van der Waals surface area contributed by atoms with E-state index in [9.17, 15) is 18.5 Å². The van der Waals surface area contributed by atoms with Crippen LogP contribution in [0.2, 0.25) is 0 Å². The fraction of sp³-hybridized carbons (Fsp3) is 0.500. The Kier molecular flexibility index (Phi) is 3.70. The van der Waals surface area contributed by atoms with Crippen molar-refractivity contribution in [3.63, 3.8) is 0 Å². The molecule has 0 saturated heterocycles. The molecule has 1 aliphatic carbocycles. The number of anilines is 1. The van der Waals surface area contributed by atoms with Crippen LogP contribution in [0.1, 0.15) is 26.2 Å². The van der Waals surface area contributed by atoms with E-state index in [0.29, 0.717) is 6.54 Å². The lowest BCUT2D eigenvalue weighted by molar-refractivity contribution is -0.384. The topological polar surface area (TPSA) is 115 Å². The summed E-state index contributed by atoms with van der Waals surface area (Å²) in [4.78, 5) is 10.1. The van der Waals surface area contributed by atoms with Gasteiger partial charge in [0.15, 0.2) is 0 Å². The zero-order valence-electron chi connectivity index (χ0n) is 11.1. The normalized spacial score (nSPS) is 16.7. The Balaban J connectivity index is 2.32. The number of hydrogen-bond donors (Lipinski definition) is 2. The van der Waals surface area contributed by atoms with Gasteiger partial charge in [-0.2, -0.15) is 0 Å². The lowest BCUT2D eigenvalue weighted by atomic mass is 10.0. The first-order chi connectivity index (χ1) is 9.27. The molecule has 0 heterocycles. The maximum atomic E-state index is 11.5. The van der Waals surface area contributed by atoms with Crippen molar-refractivity contribution in [2.75, 3.05) is 11.9 Å². The van der Waals surface area contributed by atoms with Crippen molar-refractivity contribution in [2.45, 2.75) is 31.1 Å². The van der Waals surface area contributed by atoms with E-state index in [2.05, 4.69) is 12.2 Å². The summed E-state index contributed by atoms with van der Waals surface area (Å²) in [5.74, 6) is 0. The van der Waals surface area contributed by atoms with Crippen LogP contribution in [0.25, 0.3) is 0 Å². The van der Waals surface area contributed by atoms with Gasteiger partial charge in [-0.1, -0.05) is 6.92 Å².